The Hall–Kier alpha value is -2.73. The van der Waals surface area contributed by atoms with Crippen LogP contribution in [-0.2, 0) is 6.54 Å². The van der Waals surface area contributed by atoms with E-state index in [4.69, 9.17) is 14.2 Å². The lowest BCUT2D eigenvalue weighted by Crippen LogP contribution is -2.13. The number of rotatable bonds is 7. The fourth-order valence-electron chi connectivity index (χ4n) is 2.33. The van der Waals surface area contributed by atoms with E-state index in [0.717, 1.165) is 12.1 Å². The van der Waals surface area contributed by atoms with Gasteiger partial charge in [0, 0.05) is 17.8 Å². The SMILES string of the molecule is CNCc1ccc(NC(=O)c2cc(OC)c(OC)c(OC)c2)cc1. The summed E-state index contributed by atoms with van der Waals surface area (Å²) < 4.78 is 15.8. The summed E-state index contributed by atoms with van der Waals surface area (Å²) in [6.45, 7) is 0.779. The number of nitrogens with one attached hydrogen (secondary N) is 2. The van der Waals surface area contributed by atoms with Crippen LogP contribution in [0.2, 0.25) is 0 Å². The van der Waals surface area contributed by atoms with Gasteiger partial charge in [-0.1, -0.05) is 12.1 Å². The second-order valence-corrected chi connectivity index (χ2v) is 5.10. The van der Waals surface area contributed by atoms with E-state index >= 15 is 0 Å². The molecule has 0 spiro atoms. The van der Waals surface area contributed by atoms with Gasteiger partial charge in [0.1, 0.15) is 0 Å². The maximum Gasteiger partial charge on any atom is 0.255 e. The Bertz CT molecular complexity index is 674. The minimum Gasteiger partial charge on any atom is -0.493 e. The van der Waals surface area contributed by atoms with E-state index in [-0.39, 0.29) is 5.91 Å². The number of anilines is 1. The van der Waals surface area contributed by atoms with Gasteiger partial charge in [0.05, 0.1) is 21.3 Å². The highest BCUT2D eigenvalue weighted by Crippen LogP contribution is 2.38. The molecule has 0 aliphatic carbocycles. The second-order valence-electron chi connectivity index (χ2n) is 5.10. The standard InChI is InChI=1S/C18H22N2O4/c1-19-11-12-5-7-14(8-6-12)20-18(21)13-9-15(22-2)17(24-4)16(10-13)23-3/h5-10,19H,11H2,1-4H3,(H,20,21). The van der Waals surface area contributed by atoms with Crippen molar-refractivity contribution >= 4 is 11.6 Å². The zero-order chi connectivity index (χ0) is 17.5. The van der Waals surface area contributed by atoms with Gasteiger partial charge in [-0.25, -0.2) is 0 Å². The first-order valence-corrected chi connectivity index (χ1v) is 7.47. The van der Waals surface area contributed by atoms with Gasteiger partial charge in [0.25, 0.3) is 5.91 Å². The number of carbonyl (C=O) groups excluding carboxylic acids is 1. The number of hydrogen-bond acceptors (Lipinski definition) is 5. The topological polar surface area (TPSA) is 68.8 Å². The molecule has 0 atom stereocenters. The third kappa shape index (κ3) is 3.97. The van der Waals surface area contributed by atoms with Crippen LogP contribution < -0.4 is 24.8 Å². The molecule has 0 fully saturated rings. The predicted molar refractivity (Wildman–Crippen MR) is 93.3 cm³/mol. The normalized spacial score (nSPS) is 10.2. The molecule has 0 aliphatic rings. The van der Waals surface area contributed by atoms with Crippen molar-refractivity contribution < 1.29 is 19.0 Å². The van der Waals surface area contributed by atoms with Crippen molar-refractivity contribution in [1.82, 2.24) is 5.32 Å². The molecule has 6 heteroatoms. The van der Waals surface area contributed by atoms with E-state index in [9.17, 15) is 4.79 Å². The highest BCUT2D eigenvalue weighted by atomic mass is 16.5. The molecule has 0 heterocycles. The number of benzene rings is 2. The summed E-state index contributed by atoms with van der Waals surface area (Å²) in [6.07, 6.45) is 0. The van der Waals surface area contributed by atoms with E-state index in [0.29, 0.717) is 28.5 Å². The average Bonchev–Trinajstić information content (AvgIpc) is 2.62. The van der Waals surface area contributed by atoms with Crippen molar-refractivity contribution in [2.45, 2.75) is 6.54 Å². The van der Waals surface area contributed by atoms with Crippen molar-refractivity contribution in [1.29, 1.82) is 0 Å². The third-order valence-corrected chi connectivity index (χ3v) is 3.52. The van der Waals surface area contributed by atoms with E-state index in [1.54, 1.807) is 12.1 Å². The zero-order valence-corrected chi connectivity index (χ0v) is 14.3. The maximum atomic E-state index is 12.5. The molecule has 2 aromatic carbocycles. The first kappa shape index (κ1) is 17.6. The van der Waals surface area contributed by atoms with Crippen LogP contribution in [0.25, 0.3) is 0 Å². The van der Waals surface area contributed by atoms with Gasteiger partial charge in [0.2, 0.25) is 5.75 Å². The van der Waals surface area contributed by atoms with E-state index in [1.807, 2.05) is 31.3 Å². The molecule has 0 radical (unpaired) electrons. The summed E-state index contributed by atoms with van der Waals surface area (Å²) in [4.78, 5) is 12.5. The molecule has 0 aromatic heterocycles. The number of amides is 1. The van der Waals surface area contributed by atoms with Crippen LogP contribution in [0.5, 0.6) is 17.2 Å². The minimum absolute atomic E-state index is 0.254. The Morgan fingerprint density at radius 2 is 1.54 bits per heavy atom. The van der Waals surface area contributed by atoms with Crippen LogP contribution in [0.4, 0.5) is 5.69 Å². The molecule has 24 heavy (non-hydrogen) atoms. The zero-order valence-electron chi connectivity index (χ0n) is 14.3. The summed E-state index contributed by atoms with van der Waals surface area (Å²) in [6, 6.07) is 10.9. The second kappa shape index (κ2) is 8.21. The van der Waals surface area contributed by atoms with Crippen LogP contribution in [0.1, 0.15) is 15.9 Å². The molecule has 0 saturated carbocycles. The summed E-state index contributed by atoms with van der Waals surface area (Å²) in [5.41, 5.74) is 2.28. The molecule has 2 N–H and O–H groups in total. The Morgan fingerprint density at radius 3 is 2.00 bits per heavy atom. The maximum absolute atomic E-state index is 12.5. The van der Waals surface area contributed by atoms with Gasteiger partial charge in [-0.2, -0.15) is 0 Å². The first-order valence-electron chi connectivity index (χ1n) is 7.47. The molecule has 2 aromatic rings. The third-order valence-electron chi connectivity index (χ3n) is 3.52. The van der Waals surface area contributed by atoms with Crippen LogP contribution >= 0.6 is 0 Å². The molecular formula is C18H22N2O4. The van der Waals surface area contributed by atoms with Crippen molar-refractivity contribution in [3.8, 4) is 17.2 Å². The number of methoxy groups -OCH3 is 3. The van der Waals surface area contributed by atoms with E-state index in [1.165, 1.54) is 21.3 Å². The molecule has 1 amide bonds. The summed E-state index contributed by atoms with van der Waals surface area (Å²) in [7, 11) is 6.44. The highest BCUT2D eigenvalue weighted by molar-refractivity contribution is 6.05. The fraction of sp³-hybridized carbons (Fsp3) is 0.278. The summed E-state index contributed by atoms with van der Waals surface area (Å²) in [5.74, 6) is 1.07. The molecule has 2 rings (SSSR count). The fourth-order valence-corrected chi connectivity index (χ4v) is 2.33. The van der Waals surface area contributed by atoms with Gasteiger partial charge >= 0.3 is 0 Å². The van der Waals surface area contributed by atoms with Crippen molar-refractivity contribution in [2.75, 3.05) is 33.7 Å². The Labute approximate surface area is 141 Å². The summed E-state index contributed by atoms with van der Waals surface area (Å²) in [5, 5.41) is 5.94. The Balaban J connectivity index is 2.22. The molecule has 0 unspecified atom stereocenters. The van der Waals surface area contributed by atoms with E-state index in [2.05, 4.69) is 10.6 Å². The van der Waals surface area contributed by atoms with Crippen molar-refractivity contribution in [3.63, 3.8) is 0 Å². The minimum atomic E-state index is -0.254. The monoisotopic (exact) mass is 330 g/mol. The highest BCUT2D eigenvalue weighted by Gasteiger charge is 2.17. The number of hydrogen-bond donors (Lipinski definition) is 2. The average molecular weight is 330 g/mol. The van der Waals surface area contributed by atoms with Crippen LogP contribution in [0, 0.1) is 0 Å². The van der Waals surface area contributed by atoms with E-state index < -0.39 is 0 Å². The number of ether oxygens (including phenoxy) is 3. The Kier molecular flexibility index (Phi) is 6.03. The van der Waals surface area contributed by atoms with Crippen molar-refractivity contribution in [3.05, 3.63) is 47.5 Å². The molecule has 128 valence electrons. The summed E-state index contributed by atoms with van der Waals surface area (Å²) >= 11 is 0. The van der Waals surface area contributed by atoms with Gasteiger partial charge in [0.15, 0.2) is 11.5 Å². The lowest BCUT2D eigenvalue weighted by Gasteiger charge is -2.14. The molecule has 0 saturated heterocycles. The van der Waals surface area contributed by atoms with Gasteiger partial charge in [-0.3, -0.25) is 4.79 Å². The van der Waals surface area contributed by atoms with Crippen LogP contribution in [-0.4, -0.2) is 34.3 Å². The van der Waals surface area contributed by atoms with Crippen LogP contribution in [0.15, 0.2) is 36.4 Å². The predicted octanol–water partition coefficient (Wildman–Crippen LogP) is 2.68. The van der Waals surface area contributed by atoms with Gasteiger partial charge in [-0.05, 0) is 36.9 Å². The van der Waals surface area contributed by atoms with Gasteiger partial charge in [-0.15, -0.1) is 0 Å². The lowest BCUT2D eigenvalue weighted by atomic mass is 10.1. The van der Waals surface area contributed by atoms with Crippen LogP contribution in [0.3, 0.4) is 0 Å². The Morgan fingerprint density at radius 1 is 0.958 bits per heavy atom. The first-order chi connectivity index (χ1) is 11.6. The molecule has 0 bridgehead atoms. The van der Waals surface area contributed by atoms with Crippen molar-refractivity contribution in [2.24, 2.45) is 0 Å². The quantitative estimate of drug-likeness (QED) is 0.817. The molecular weight excluding hydrogens is 308 g/mol. The van der Waals surface area contributed by atoms with Gasteiger partial charge < -0.3 is 24.8 Å². The largest absolute Gasteiger partial charge is 0.493 e. The molecule has 6 nitrogen and oxygen atoms in total. The molecule has 0 aliphatic heterocycles. The lowest BCUT2D eigenvalue weighted by molar-refractivity contribution is 0.102. The smallest absolute Gasteiger partial charge is 0.255 e. The number of carbonyl (C=O) groups is 1.